The van der Waals surface area contributed by atoms with Gasteiger partial charge in [-0.25, -0.2) is 4.98 Å². The Morgan fingerprint density at radius 1 is 1.15 bits per heavy atom. The van der Waals surface area contributed by atoms with Crippen LogP contribution in [0.15, 0.2) is 52.9 Å². The molecule has 3 nitrogen and oxygen atoms in total. The van der Waals surface area contributed by atoms with E-state index in [-0.39, 0.29) is 5.38 Å². The summed E-state index contributed by atoms with van der Waals surface area (Å²) in [7, 11) is 1.64. The molecule has 4 heteroatoms. The van der Waals surface area contributed by atoms with Crippen LogP contribution in [0.5, 0.6) is 5.75 Å². The number of ether oxygens (including phenoxy) is 1. The van der Waals surface area contributed by atoms with Crippen molar-refractivity contribution in [3.63, 3.8) is 0 Å². The Hall–Kier alpha value is -2.00. The third-order valence-electron chi connectivity index (χ3n) is 3.17. The second-order valence-corrected chi connectivity index (χ2v) is 5.05. The van der Waals surface area contributed by atoms with Crippen molar-refractivity contribution >= 4 is 22.7 Å². The van der Waals surface area contributed by atoms with Crippen molar-refractivity contribution < 1.29 is 9.15 Å². The molecule has 0 aliphatic carbocycles. The lowest BCUT2D eigenvalue weighted by Crippen LogP contribution is -1.96. The highest BCUT2D eigenvalue weighted by Crippen LogP contribution is 2.27. The summed E-state index contributed by atoms with van der Waals surface area (Å²) in [4.78, 5) is 4.44. The standard InChI is InChI=1S/C16H14ClNO2/c1-19-12-8-6-11(7-9-12)13(17)10-16-18-14-4-2-3-5-15(14)20-16/h2-9,13H,10H2,1H3. The number of para-hydroxylation sites is 2. The predicted octanol–water partition coefficient (Wildman–Crippen LogP) is 4.36. The fourth-order valence-electron chi connectivity index (χ4n) is 2.09. The van der Waals surface area contributed by atoms with E-state index < -0.39 is 0 Å². The number of benzene rings is 2. The number of hydrogen-bond acceptors (Lipinski definition) is 3. The van der Waals surface area contributed by atoms with Crippen molar-refractivity contribution in [2.75, 3.05) is 7.11 Å². The van der Waals surface area contributed by atoms with Crippen LogP contribution in [0.4, 0.5) is 0 Å². The number of rotatable bonds is 4. The lowest BCUT2D eigenvalue weighted by atomic mass is 10.1. The maximum absolute atomic E-state index is 6.42. The van der Waals surface area contributed by atoms with Crippen LogP contribution >= 0.6 is 11.6 Å². The largest absolute Gasteiger partial charge is 0.497 e. The average molecular weight is 288 g/mol. The molecule has 0 N–H and O–H groups in total. The number of alkyl halides is 1. The molecule has 3 rings (SSSR count). The normalized spacial score (nSPS) is 12.5. The van der Waals surface area contributed by atoms with Crippen molar-refractivity contribution in [1.82, 2.24) is 4.98 Å². The van der Waals surface area contributed by atoms with E-state index in [1.807, 2.05) is 48.5 Å². The molecular formula is C16H14ClNO2. The van der Waals surface area contributed by atoms with E-state index in [1.165, 1.54) is 0 Å². The molecule has 1 heterocycles. The van der Waals surface area contributed by atoms with Crippen molar-refractivity contribution in [3.8, 4) is 5.75 Å². The van der Waals surface area contributed by atoms with Crippen LogP contribution in [0.3, 0.4) is 0 Å². The van der Waals surface area contributed by atoms with Gasteiger partial charge < -0.3 is 9.15 Å². The molecule has 0 aliphatic rings. The smallest absolute Gasteiger partial charge is 0.197 e. The van der Waals surface area contributed by atoms with Crippen LogP contribution in [0.2, 0.25) is 0 Å². The zero-order valence-electron chi connectivity index (χ0n) is 11.0. The van der Waals surface area contributed by atoms with E-state index >= 15 is 0 Å². The van der Waals surface area contributed by atoms with Crippen molar-refractivity contribution in [1.29, 1.82) is 0 Å². The Balaban J connectivity index is 1.78. The van der Waals surface area contributed by atoms with E-state index in [2.05, 4.69) is 4.98 Å². The summed E-state index contributed by atoms with van der Waals surface area (Å²) in [5.74, 6) is 1.47. The molecule has 102 valence electrons. The molecule has 0 saturated carbocycles. The van der Waals surface area contributed by atoms with Gasteiger partial charge in [0.05, 0.1) is 12.5 Å². The van der Waals surface area contributed by atoms with Crippen molar-refractivity contribution in [2.45, 2.75) is 11.8 Å². The first-order chi connectivity index (χ1) is 9.76. The number of halogens is 1. The highest BCUT2D eigenvalue weighted by molar-refractivity contribution is 6.20. The first kappa shape index (κ1) is 13.0. The molecule has 1 unspecified atom stereocenters. The average Bonchev–Trinajstić information content (AvgIpc) is 2.89. The van der Waals surface area contributed by atoms with E-state index in [0.29, 0.717) is 12.3 Å². The monoisotopic (exact) mass is 287 g/mol. The molecule has 0 radical (unpaired) electrons. The third-order valence-corrected chi connectivity index (χ3v) is 3.58. The molecule has 0 amide bonds. The molecule has 0 fully saturated rings. The molecule has 2 aromatic carbocycles. The number of methoxy groups -OCH3 is 1. The maximum Gasteiger partial charge on any atom is 0.197 e. The van der Waals surface area contributed by atoms with Gasteiger partial charge in [0, 0.05) is 6.42 Å². The first-order valence-corrected chi connectivity index (χ1v) is 6.82. The Bertz CT molecular complexity index is 673. The van der Waals surface area contributed by atoms with Crippen LogP contribution < -0.4 is 4.74 Å². The molecule has 0 spiro atoms. The highest BCUT2D eigenvalue weighted by Gasteiger charge is 2.13. The Labute approximate surface area is 122 Å². The molecule has 0 saturated heterocycles. The van der Waals surface area contributed by atoms with Gasteiger partial charge in [-0.05, 0) is 29.8 Å². The summed E-state index contributed by atoms with van der Waals surface area (Å²) in [5, 5.41) is -0.172. The minimum atomic E-state index is -0.172. The van der Waals surface area contributed by atoms with Gasteiger partial charge in [0.2, 0.25) is 0 Å². The van der Waals surface area contributed by atoms with Crippen molar-refractivity contribution in [2.24, 2.45) is 0 Å². The second kappa shape index (κ2) is 5.55. The number of oxazole rings is 1. The van der Waals surface area contributed by atoms with Gasteiger partial charge in [-0.15, -0.1) is 11.6 Å². The van der Waals surface area contributed by atoms with Gasteiger partial charge in [-0.1, -0.05) is 24.3 Å². The Kier molecular flexibility index (Phi) is 3.61. The zero-order valence-corrected chi connectivity index (χ0v) is 11.8. The van der Waals surface area contributed by atoms with E-state index in [9.17, 15) is 0 Å². The predicted molar refractivity (Wildman–Crippen MR) is 79.3 cm³/mol. The van der Waals surface area contributed by atoms with Crippen LogP contribution in [0.25, 0.3) is 11.1 Å². The third kappa shape index (κ3) is 2.63. The molecule has 1 atom stereocenters. The Morgan fingerprint density at radius 2 is 1.90 bits per heavy atom. The van der Waals surface area contributed by atoms with Crippen LogP contribution in [-0.4, -0.2) is 12.1 Å². The fourth-order valence-corrected chi connectivity index (χ4v) is 2.37. The van der Waals surface area contributed by atoms with Gasteiger partial charge in [-0.2, -0.15) is 0 Å². The minimum absolute atomic E-state index is 0.172. The Morgan fingerprint density at radius 3 is 2.60 bits per heavy atom. The van der Waals surface area contributed by atoms with E-state index in [1.54, 1.807) is 7.11 Å². The summed E-state index contributed by atoms with van der Waals surface area (Å²) in [6.07, 6.45) is 0.558. The van der Waals surface area contributed by atoms with E-state index in [4.69, 9.17) is 20.8 Å². The SMILES string of the molecule is COc1ccc(C(Cl)Cc2nc3ccccc3o2)cc1. The zero-order chi connectivity index (χ0) is 13.9. The lowest BCUT2D eigenvalue weighted by molar-refractivity contribution is 0.414. The maximum atomic E-state index is 6.42. The number of aromatic nitrogens is 1. The first-order valence-electron chi connectivity index (χ1n) is 6.39. The summed E-state index contributed by atoms with van der Waals surface area (Å²) >= 11 is 6.42. The topological polar surface area (TPSA) is 35.3 Å². The molecule has 20 heavy (non-hydrogen) atoms. The van der Waals surface area contributed by atoms with Crippen molar-refractivity contribution in [3.05, 3.63) is 60.0 Å². The molecule has 0 aliphatic heterocycles. The summed E-state index contributed by atoms with van der Waals surface area (Å²) < 4.78 is 10.8. The second-order valence-electron chi connectivity index (χ2n) is 4.52. The quantitative estimate of drug-likeness (QED) is 0.669. The highest BCUT2D eigenvalue weighted by atomic mass is 35.5. The molecule has 1 aromatic heterocycles. The summed E-state index contributed by atoms with van der Waals surface area (Å²) in [6, 6.07) is 15.4. The molecular weight excluding hydrogens is 274 g/mol. The van der Waals surface area contributed by atoms with Gasteiger partial charge >= 0.3 is 0 Å². The number of nitrogens with zero attached hydrogens (tertiary/aromatic N) is 1. The molecule has 0 bridgehead atoms. The summed E-state index contributed by atoms with van der Waals surface area (Å²) in [6.45, 7) is 0. The van der Waals surface area contributed by atoms with Gasteiger partial charge in [0.25, 0.3) is 0 Å². The van der Waals surface area contributed by atoms with Crippen LogP contribution in [0.1, 0.15) is 16.8 Å². The number of hydrogen-bond donors (Lipinski definition) is 0. The van der Waals surface area contributed by atoms with Crippen LogP contribution in [-0.2, 0) is 6.42 Å². The van der Waals surface area contributed by atoms with Crippen LogP contribution in [0, 0.1) is 0 Å². The van der Waals surface area contributed by atoms with Gasteiger partial charge in [0.15, 0.2) is 11.5 Å². The fraction of sp³-hybridized carbons (Fsp3) is 0.188. The lowest BCUT2D eigenvalue weighted by Gasteiger charge is -2.08. The summed E-state index contributed by atoms with van der Waals surface area (Å²) in [5.41, 5.74) is 2.68. The molecule has 3 aromatic rings. The number of fused-ring (bicyclic) bond motifs is 1. The van der Waals surface area contributed by atoms with Gasteiger partial charge in [-0.3, -0.25) is 0 Å². The minimum Gasteiger partial charge on any atom is -0.497 e. The van der Waals surface area contributed by atoms with Gasteiger partial charge in [0.1, 0.15) is 11.3 Å². The van der Waals surface area contributed by atoms with E-state index in [0.717, 1.165) is 22.4 Å².